The summed E-state index contributed by atoms with van der Waals surface area (Å²) in [6, 6.07) is 23.6. The Morgan fingerprint density at radius 2 is 1.55 bits per heavy atom. The maximum absolute atomic E-state index is 12.6. The molecule has 1 aliphatic rings. The van der Waals surface area contributed by atoms with E-state index in [1.54, 1.807) is 0 Å². The number of pyridine rings is 1. The third-order valence-corrected chi connectivity index (χ3v) is 5.76. The minimum absolute atomic E-state index is 0.0984. The van der Waals surface area contributed by atoms with Gasteiger partial charge in [0.05, 0.1) is 5.69 Å². The van der Waals surface area contributed by atoms with E-state index in [1.807, 2.05) is 77.4 Å². The lowest BCUT2D eigenvalue weighted by atomic mass is 9.75. The monoisotopic (exact) mass is 408 g/mol. The third kappa shape index (κ3) is 3.42. The third-order valence-electron chi connectivity index (χ3n) is 5.76. The molecule has 0 amide bonds. The Balaban J connectivity index is 1.72. The van der Waals surface area contributed by atoms with Crippen molar-refractivity contribution in [3.05, 3.63) is 84.1 Å². The van der Waals surface area contributed by atoms with Crippen molar-refractivity contribution >= 4 is 11.6 Å². The highest BCUT2D eigenvalue weighted by Gasteiger charge is 2.32. The van der Waals surface area contributed by atoms with Gasteiger partial charge in [-0.2, -0.15) is 0 Å². The van der Waals surface area contributed by atoms with E-state index in [0.717, 1.165) is 34.6 Å². The summed E-state index contributed by atoms with van der Waals surface area (Å²) in [5.74, 6) is 1.38. The molecule has 0 atom stereocenters. The number of carbonyl (C=O) groups is 1. The summed E-state index contributed by atoms with van der Waals surface area (Å²) >= 11 is 0. The smallest absolute Gasteiger partial charge is 0.165 e. The van der Waals surface area contributed by atoms with E-state index in [0.29, 0.717) is 23.8 Å². The summed E-state index contributed by atoms with van der Waals surface area (Å²) in [5, 5.41) is 0. The Bertz CT molecular complexity index is 1270. The lowest BCUT2D eigenvalue weighted by molar-refractivity contribution is 0.0910. The Morgan fingerprint density at radius 1 is 0.871 bits per heavy atom. The van der Waals surface area contributed by atoms with E-state index >= 15 is 0 Å². The van der Waals surface area contributed by atoms with Crippen LogP contribution in [0.15, 0.2) is 72.8 Å². The van der Waals surface area contributed by atoms with Crippen LogP contribution in [-0.2, 0) is 6.42 Å². The SMILES string of the molecule is CC1(C)CC(=O)c2ccc(-c3nc(-c4ccccc4)c(N)n3-c3ccccc3)nc2C1. The van der Waals surface area contributed by atoms with Crippen molar-refractivity contribution in [2.75, 3.05) is 5.73 Å². The van der Waals surface area contributed by atoms with Crippen molar-refractivity contribution in [1.29, 1.82) is 0 Å². The molecule has 0 spiro atoms. The van der Waals surface area contributed by atoms with Gasteiger partial charge in [0.25, 0.3) is 0 Å². The van der Waals surface area contributed by atoms with Gasteiger partial charge in [0.15, 0.2) is 11.6 Å². The summed E-state index contributed by atoms with van der Waals surface area (Å²) in [7, 11) is 0. The molecule has 2 N–H and O–H groups in total. The molecule has 0 aliphatic heterocycles. The highest BCUT2D eigenvalue weighted by Crippen LogP contribution is 2.37. The fraction of sp³-hybridized carbons (Fsp3) is 0.192. The molecule has 31 heavy (non-hydrogen) atoms. The second kappa shape index (κ2) is 7.20. The number of rotatable bonds is 3. The minimum Gasteiger partial charge on any atom is -0.383 e. The summed E-state index contributed by atoms with van der Waals surface area (Å²) in [6.07, 6.45) is 1.31. The number of nitrogens with two attached hydrogens (primary N) is 1. The standard InChI is InChI=1S/C26H24N4O/c1-26(2)15-21-19(22(31)16-26)13-14-20(28-21)25-29-23(17-9-5-3-6-10-17)24(27)30(25)18-11-7-4-8-12-18/h3-14H,15-16,27H2,1-2H3. The average molecular weight is 409 g/mol. The number of nitrogen functional groups attached to an aromatic ring is 1. The number of benzene rings is 2. The molecule has 2 aromatic heterocycles. The summed E-state index contributed by atoms with van der Waals surface area (Å²) < 4.78 is 1.94. The maximum atomic E-state index is 12.6. The molecular weight excluding hydrogens is 384 g/mol. The predicted octanol–water partition coefficient (Wildman–Crippen LogP) is 5.34. The number of anilines is 1. The van der Waals surface area contributed by atoms with Crippen LogP contribution >= 0.6 is 0 Å². The van der Waals surface area contributed by atoms with Gasteiger partial charge in [0.1, 0.15) is 17.2 Å². The first-order valence-corrected chi connectivity index (χ1v) is 10.5. The fourth-order valence-corrected chi connectivity index (χ4v) is 4.31. The molecule has 0 radical (unpaired) electrons. The molecule has 0 fully saturated rings. The van der Waals surface area contributed by atoms with Crippen LogP contribution in [0.5, 0.6) is 0 Å². The van der Waals surface area contributed by atoms with E-state index in [1.165, 1.54) is 0 Å². The molecule has 2 heterocycles. The Labute approximate surface area is 181 Å². The van der Waals surface area contributed by atoms with Crippen molar-refractivity contribution in [3.8, 4) is 28.5 Å². The highest BCUT2D eigenvalue weighted by molar-refractivity contribution is 5.98. The molecule has 0 saturated carbocycles. The number of para-hydroxylation sites is 1. The van der Waals surface area contributed by atoms with Crippen LogP contribution in [0.1, 0.15) is 36.3 Å². The first kappa shape index (κ1) is 19.2. The van der Waals surface area contributed by atoms with E-state index in [4.69, 9.17) is 15.7 Å². The molecule has 5 heteroatoms. The van der Waals surface area contributed by atoms with Gasteiger partial charge in [-0.05, 0) is 36.1 Å². The van der Waals surface area contributed by atoms with Crippen LogP contribution in [0.3, 0.4) is 0 Å². The quantitative estimate of drug-likeness (QED) is 0.497. The van der Waals surface area contributed by atoms with Gasteiger partial charge >= 0.3 is 0 Å². The zero-order valence-electron chi connectivity index (χ0n) is 17.7. The normalized spacial score (nSPS) is 15.0. The second-order valence-electron chi connectivity index (χ2n) is 8.84. The molecule has 5 nitrogen and oxygen atoms in total. The van der Waals surface area contributed by atoms with Crippen LogP contribution in [0.2, 0.25) is 0 Å². The van der Waals surface area contributed by atoms with Gasteiger partial charge in [0.2, 0.25) is 0 Å². The lowest BCUT2D eigenvalue weighted by Gasteiger charge is -2.29. The van der Waals surface area contributed by atoms with Crippen LogP contribution in [-0.4, -0.2) is 20.3 Å². The largest absolute Gasteiger partial charge is 0.383 e. The zero-order valence-corrected chi connectivity index (χ0v) is 17.7. The number of carbonyl (C=O) groups excluding carboxylic acids is 1. The molecular formula is C26H24N4O. The van der Waals surface area contributed by atoms with Gasteiger partial charge in [-0.3, -0.25) is 9.36 Å². The number of Topliss-reactive ketones (excluding diaryl/α,β-unsaturated/α-hetero) is 1. The highest BCUT2D eigenvalue weighted by atomic mass is 16.1. The second-order valence-corrected chi connectivity index (χ2v) is 8.84. The molecule has 0 unspecified atom stereocenters. The zero-order chi connectivity index (χ0) is 21.6. The Kier molecular flexibility index (Phi) is 4.47. The number of ketones is 1. The number of hydrogen-bond acceptors (Lipinski definition) is 4. The van der Waals surface area contributed by atoms with Crippen molar-refractivity contribution in [2.45, 2.75) is 26.7 Å². The number of imidazole rings is 1. The number of fused-ring (bicyclic) bond motifs is 1. The molecule has 0 bridgehead atoms. The molecule has 2 aromatic carbocycles. The van der Waals surface area contributed by atoms with Gasteiger partial charge in [-0.1, -0.05) is 62.4 Å². The van der Waals surface area contributed by atoms with Crippen LogP contribution < -0.4 is 5.73 Å². The number of nitrogens with zero attached hydrogens (tertiary/aromatic N) is 3. The Hall–Kier alpha value is -3.73. The topological polar surface area (TPSA) is 73.8 Å². The Morgan fingerprint density at radius 3 is 2.26 bits per heavy atom. The van der Waals surface area contributed by atoms with Gasteiger partial charge < -0.3 is 5.73 Å². The fourth-order valence-electron chi connectivity index (χ4n) is 4.31. The first-order valence-electron chi connectivity index (χ1n) is 10.5. The molecule has 154 valence electrons. The summed E-state index contributed by atoms with van der Waals surface area (Å²) in [5.41, 5.74) is 11.4. The maximum Gasteiger partial charge on any atom is 0.165 e. The summed E-state index contributed by atoms with van der Waals surface area (Å²) in [6.45, 7) is 4.22. The van der Waals surface area contributed by atoms with E-state index in [2.05, 4.69) is 13.8 Å². The molecule has 0 saturated heterocycles. The molecule has 1 aliphatic carbocycles. The number of hydrogen-bond donors (Lipinski definition) is 1. The van der Waals surface area contributed by atoms with Crippen molar-refractivity contribution in [1.82, 2.24) is 14.5 Å². The van der Waals surface area contributed by atoms with E-state index < -0.39 is 0 Å². The average Bonchev–Trinajstić information content (AvgIpc) is 3.11. The molecule has 4 aromatic rings. The first-order chi connectivity index (χ1) is 14.9. The van der Waals surface area contributed by atoms with Crippen LogP contribution in [0, 0.1) is 5.41 Å². The predicted molar refractivity (Wildman–Crippen MR) is 123 cm³/mol. The van der Waals surface area contributed by atoms with Crippen molar-refractivity contribution < 1.29 is 4.79 Å². The van der Waals surface area contributed by atoms with Crippen molar-refractivity contribution in [2.24, 2.45) is 5.41 Å². The van der Waals surface area contributed by atoms with Gasteiger partial charge in [-0.15, -0.1) is 0 Å². The number of aromatic nitrogens is 3. The molecule has 5 rings (SSSR count). The van der Waals surface area contributed by atoms with Gasteiger partial charge in [-0.25, -0.2) is 9.97 Å². The van der Waals surface area contributed by atoms with Crippen molar-refractivity contribution in [3.63, 3.8) is 0 Å². The van der Waals surface area contributed by atoms with E-state index in [9.17, 15) is 4.79 Å². The lowest BCUT2D eigenvalue weighted by Crippen LogP contribution is -2.28. The summed E-state index contributed by atoms with van der Waals surface area (Å²) in [4.78, 5) is 22.4. The van der Waals surface area contributed by atoms with Gasteiger partial charge in [0, 0.05) is 23.2 Å². The van der Waals surface area contributed by atoms with E-state index in [-0.39, 0.29) is 11.2 Å². The van der Waals surface area contributed by atoms with Crippen LogP contribution in [0.25, 0.3) is 28.5 Å². The van der Waals surface area contributed by atoms with Crippen LogP contribution in [0.4, 0.5) is 5.82 Å². The minimum atomic E-state index is -0.0984.